The molecule has 0 saturated carbocycles. The van der Waals surface area contributed by atoms with E-state index in [2.05, 4.69) is 20.8 Å². The zero-order chi connectivity index (χ0) is 13.9. The van der Waals surface area contributed by atoms with Gasteiger partial charge in [0, 0.05) is 19.9 Å². The molecule has 0 radical (unpaired) electrons. The molecule has 7 heteroatoms. The normalized spacial score (nSPS) is 10.4. The van der Waals surface area contributed by atoms with Crippen molar-refractivity contribution in [3.63, 3.8) is 0 Å². The Hall–Kier alpha value is -2.28. The first-order valence-corrected chi connectivity index (χ1v) is 5.71. The summed E-state index contributed by atoms with van der Waals surface area (Å²) in [7, 11) is 1.53. The number of ether oxygens (including phenoxy) is 1. The molecule has 0 aromatic carbocycles. The van der Waals surface area contributed by atoms with Gasteiger partial charge in [-0.05, 0) is 12.1 Å². The molecule has 7 nitrogen and oxygen atoms in total. The first-order valence-electron chi connectivity index (χ1n) is 5.71. The third kappa shape index (κ3) is 6.89. The molecule has 0 unspecified atom stereocenters. The number of hydrogen-bond donors (Lipinski definition) is 2. The summed E-state index contributed by atoms with van der Waals surface area (Å²) in [6, 6.07) is 5.33. The number of nitrogens with zero attached hydrogens (tertiary/aromatic N) is 2. The number of carbonyl (C=O) groups is 2. The lowest BCUT2D eigenvalue weighted by Crippen LogP contribution is -2.31. The summed E-state index contributed by atoms with van der Waals surface area (Å²) in [6.07, 6.45) is 2.75. The van der Waals surface area contributed by atoms with E-state index in [9.17, 15) is 9.59 Å². The molecule has 2 amide bonds. The third-order valence-electron chi connectivity index (χ3n) is 2.02. The van der Waals surface area contributed by atoms with E-state index >= 15 is 0 Å². The van der Waals surface area contributed by atoms with E-state index in [4.69, 9.17) is 4.74 Å². The van der Waals surface area contributed by atoms with E-state index in [0.29, 0.717) is 18.8 Å². The van der Waals surface area contributed by atoms with Gasteiger partial charge in [-0.1, -0.05) is 6.07 Å². The van der Waals surface area contributed by atoms with Crippen molar-refractivity contribution in [2.24, 2.45) is 5.10 Å². The van der Waals surface area contributed by atoms with Crippen LogP contribution >= 0.6 is 0 Å². The standard InChI is InChI=1S/C12H16N4O3/c1-19-7-6-14-11(17)8-12(18)16-15-9-10-4-2-3-5-13-10/h2-5,9H,6-8H2,1H3,(H,14,17)(H,16,18). The average molecular weight is 264 g/mol. The van der Waals surface area contributed by atoms with Gasteiger partial charge in [0.1, 0.15) is 6.42 Å². The second-order valence-corrected chi connectivity index (χ2v) is 3.57. The van der Waals surface area contributed by atoms with Gasteiger partial charge in [-0.15, -0.1) is 0 Å². The van der Waals surface area contributed by atoms with Crippen LogP contribution in [0.2, 0.25) is 0 Å². The molecule has 19 heavy (non-hydrogen) atoms. The Morgan fingerprint density at radius 1 is 1.42 bits per heavy atom. The number of rotatable bonds is 7. The molecule has 1 heterocycles. The Balaban J connectivity index is 2.24. The predicted octanol–water partition coefficient (Wildman–Crippen LogP) is -0.316. The number of nitrogens with one attached hydrogen (secondary N) is 2. The average Bonchev–Trinajstić information content (AvgIpc) is 2.40. The fraction of sp³-hybridized carbons (Fsp3) is 0.333. The highest BCUT2D eigenvalue weighted by Gasteiger charge is 2.07. The molecule has 1 rings (SSSR count). The zero-order valence-corrected chi connectivity index (χ0v) is 10.6. The first kappa shape index (κ1) is 14.8. The molecule has 0 aliphatic heterocycles. The molecule has 0 fully saturated rings. The number of hydrogen-bond acceptors (Lipinski definition) is 5. The van der Waals surface area contributed by atoms with Crippen LogP contribution in [0.4, 0.5) is 0 Å². The molecule has 0 saturated heterocycles. The summed E-state index contributed by atoms with van der Waals surface area (Å²) in [4.78, 5) is 26.6. The van der Waals surface area contributed by atoms with Crippen LogP contribution in [-0.2, 0) is 14.3 Å². The maximum Gasteiger partial charge on any atom is 0.249 e. The maximum atomic E-state index is 11.3. The highest BCUT2D eigenvalue weighted by molar-refractivity contribution is 5.97. The first-order chi connectivity index (χ1) is 9.22. The van der Waals surface area contributed by atoms with Crippen molar-refractivity contribution < 1.29 is 14.3 Å². The van der Waals surface area contributed by atoms with Crippen LogP contribution in [0.3, 0.4) is 0 Å². The van der Waals surface area contributed by atoms with Gasteiger partial charge in [-0.25, -0.2) is 5.43 Å². The lowest BCUT2D eigenvalue weighted by atomic mass is 10.4. The minimum Gasteiger partial charge on any atom is -0.383 e. The molecule has 0 spiro atoms. The Morgan fingerprint density at radius 2 is 2.26 bits per heavy atom. The Bertz CT molecular complexity index is 434. The summed E-state index contributed by atoms with van der Waals surface area (Å²) in [5, 5.41) is 6.23. The van der Waals surface area contributed by atoms with Crippen molar-refractivity contribution in [2.45, 2.75) is 6.42 Å². The summed E-state index contributed by atoms with van der Waals surface area (Å²) in [5.74, 6) is -0.857. The van der Waals surface area contributed by atoms with E-state index in [0.717, 1.165) is 0 Å². The van der Waals surface area contributed by atoms with E-state index in [1.807, 2.05) is 0 Å². The van der Waals surface area contributed by atoms with E-state index in [1.54, 1.807) is 24.4 Å². The van der Waals surface area contributed by atoms with Crippen LogP contribution in [0.5, 0.6) is 0 Å². The van der Waals surface area contributed by atoms with Crippen LogP contribution in [0.1, 0.15) is 12.1 Å². The molecule has 0 aliphatic carbocycles. The van der Waals surface area contributed by atoms with Crippen LogP contribution in [0, 0.1) is 0 Å². The number of carbonyl (C=O) groups excluding carboxylic acids is 2. The van der Waals surface area contributed by atoms with Gasteiger partial charge >= 0.3 is 0 Å². The van der Waals surface area contributed by atoms with E-state index < -0.39 is 5.91 Å². The lowest BCUT2D eigenvalue weighted by Gasteiger charge is -2.03. The maximum absolute atomic E-state index is 11.3. The number of pyridine rings is 1. The van der Waals surface area contributed by atoms with Gasteiger partial charge in [0.25, 0.3) is 0 Å². The number of hydrazone groups is 1. The number of methoxy groups -OCH3 is 1. The third-order valence-corrected chi connectivity index (χ3v) is 2.02. The lowest BCUT2D eigenvalue weighted by molar-refractivity contribution is -0.129. The molecular formula is C12H16N4O3. The van der Waals surface area contributed by atoms with Crippen molar-refractivity contribution in [1.82, 2.24) is 15.7 Å². The minimum absolute atomic E-state index is 0.275. The molecule has 102 valence electrons. The quantitative estimate of drug-likeness (QED) is 0.305. The smallest absolute Gasteiger partial charge is 0.249 e. The number of amides is 2. The van der Waals surface area contributed by atoms with Gasteiger partial charge in [0.2, 0.25) is 11.8 Å². The SMILES string of the molecule is COCCNC(=O)CC(=O)NN=Cc1ccccn1. The van der Waals surface area contributed by atoms with Gasteiger partial charge < -0.3 is 10.1 Å². The van der Waals surface area contributed by atoms with Gasteiger partial charge in [-0.3, -0.25) is 14.6 Å². The summed E-state index contributed by atoms with van der Waals surface area (Å²) < 4.78 is 4.77. The second kappa shape index (κ2) is 8.76. The second-order valence-electron chi connectivity index (χ2n) is 3.57. The minimum atomic E-state index is -0.484. The van der Waals surface area contributed by atoms with Crippen LogP contribution in [0.25, 0.3) is 0 Å². The van der Waals surface area contributed by atoms with Crippen LogP contribution in [0.15, 0.2) is 29.5 Å². The fourth-order valence-electron chi connectivity index (χ4n) is 1.16. The summed E-state index contributed by atoms with van der Waals surface area (Å²) >= 11 is 0. The Morgan fingerprint density at radius 3 is 2.95 bits per heavy atom. The van der Waals surface area contributed by atoms with Crippen molar-refractivity contribution in [3.8, 4) is 0 Å². The zero-order valence-electron chi connectivity index (χ0n) is 10.6. The predicted molar refractivity (Wildman–Crippen MR) is 69.5 cm³/mol. The molecule has 2 N–H and O–H groups in total. The molecule has 0 atom stereocenters. The van der Waals surface area contributed by atoms with Crippen LogP contribution in [-0.4, -0.2) is 43.3 Å². The monoisotopic (exact) mass is 264 g/mol. The van der Waals surface area contributed by atoms with Crippen molar-refractivity contribution in [3.05, 3.63) is 30.1 Å². The Labute approximate surface area is 111 Å². The number of aromatic nitrogens is 1. The van der Waals surface area contributed by atoms with Gasteiger partial charge in [0.05, 0.1) is 18.5 Å². The van der Waals surface area contributed by atoms with E-state index in [1.165, 1.54) is 13.3 Å². The van der Waals surface area contributed by atoms with Crippen LogP contribution < -0.4 is 10.7 Å². The van der Waals surface area contributed by atoms with Crippen molar-refractivity contribution in [2.75, 3.05) is 20.3 Å². The molecule has 0 bridgehead atoms. The van der Waals surface area contributed by atoms with Gasteiger partial charge in [0.15, 0.2) is 0 Å². The van der Waals surface area contributed by atoms with E-state index in [-0.39, 0.29) is 12.3 Å². The molecule has 0 aliphatic rings. The van der Waals surface area contributed by atoms with Crippen molar-refractivity contribution >= 4 is 18.0 Å². The topological polar surface area (TPSA) is 92.7 Å². The molecule has 1 aromatic heterocycles. The van der Waals surface area contributed by atoms with Gasteiger partial charge in [-0.2, -0.15) is 5.10 Å². The van der Waals surface area contributed by atoms with Crippen molar-refractivity contribution in [1.29, 1.82) is 0 Å². The summed E-state index contributed by atoms with van der Waals surface area (Å²) in [5.41, 5.74) is 2.87. The Kier molecular flexibility index (Phi) is 6.81. The highest BCUT2D eigenvalue weighted by atomic mass is 16.5. The largest absolute Gasteiger partial charge is 0.383 e. The fourth-order valence-corrected chi connectivity index (χ4v) is 1.16. The highest BCUT2D eigenvalue weighted by Crippen LogP contribution is 1.88. The summed E-state index contributed by atoms with van der Waals surface area (Å²) in [6.45, 7) is 0.783. The molecule has 1 aromatic rings. The molecular weight excluding hydrogens is 248 g/mol.